The summed E-state index contributed by atoms with van der Waals surface area (Å²) in [5, 5.41) is 2.80. The lowest BCUT2D eigenvalue weighted by molar-refractivity contribution is -0.122. The molecule has 0 saturated carbocycles. The predicted octanol–water partition coefficient (Wildman–Crippen LogP) is 3.69. The van der Waals surface area contributed by atoms with E-state index >= 15 is 0 Å². The Morgan fingerprint density at radius 3 is 2.61 bits per heavy atom. The molecule has 36 heavy (non-hydrogen) atoms. The van der Waals surface area contributed by atoms with Crippen molar-refractivity contribution < 1.29 is 22.7 Å². The molecule has 9 nitrogen and oxygen atoms in total. The number of methoxy groups -OCH3 is 1. The molecule has 0 spiro atoms. The second kappa shape index (κ2) is 9.32. The normalized spacial score (nSPS) is 15.3. The Kier molecular flexibility index (Phi) is 6.19. The molecule has 2 heterocycles. The van der Waals surface area contributed by atoms with Gasteiger partial charge in [-0.25, -0.2) is 8.42 Å². The maximum atomic E-state index is 13.6. The predicted molar refractivity (Wildman–Crippen MR) is 139 cm³/mol. The van der Waals surface area contributed by atoms with E-state index in [2.05, 4.69) is 5.32 Å². The lowest BCUT2D eigenvalue weighted by Crippen LogP contribution is -2.48. The van der Waals surface area contributed by atoms with Gasteiger partial charge in [0.05, 0.1) is 34.5 Å². The molecule has 186 valence electrons. The van der Waals surface area contributed by atoms with Crippen molar-refractivity contribution in [3.63, 3.8) is 0 Å². The molecule has 0 radical (unpaired) electrons. The first-order valence-corrected chi connectivity index (χ1v) is 13.4. The minimum absolute atomic E-state index is 0.0671. The summed E-state index contributed by atoms with van der Waals surface area (Å²) in [5.41, 5.74) is 1.64. The number of sulfonamides is 1. The van der Waals surface area contributed by atoms with Crippen LogP contribution in [0.25, 0.3) is 10.2 Å². The Labute approximate surface area is 211 Å². The summed E-state index contributed by atoms with van der Waals surface area (Å²) in [7, 11) is -2.49. The third-order valence-electron chi connectivity index (χ3n) is 5.93. The summed E-state index contributed by atoms with van der Waals surface area (Å²) in [6, 6.07) is 18.0. The number of fused-ring (bicyclic) bond motifs is 2. The number of para-hydroxylation sites is 2. The number of amides is 1. The number of anilines is 2. The minimum Gasteiger partial charge on any atom is -0.497 e. The molecule has 0 saturated heterocycles. The van der Waals surface area contributed by atoms with Crippen LogP contribution in [0.5, 0.6) is 11.5 Å². The smallest absolute Gasteiger partial charge is 0.308 e. The van der Waals surface area contributed by atoms with Crippen LogP contribution in [-0.2, 0) is 21.4 Å². The summed E-state index contributed by atoms with van der Waals surface area (Å²) in [6.07, 6.45) is -1.09. The molecule has 0 fully saturated rings. The fourth-order valence-corrected chi connectivity index (χ4v) is 6.58. The van der Waals surface area contributed by atoms with E-state index in [9.17, 15) is 18.0 Å². The van der Waals surface area contributed by atoms with E-state index in [4.69, 9.17) is 9.47 Å². The molecule has 1 atom stereocenters. The van der Waals surface area contributed by atoms with E-state index in [1.807, 2.05) is 6.92 Å². The summed E-state index contributed by atoms with van der Waals surface area (Å²) in [5.74, 6) is 0.320. The van der Waals surface area contributed by atoms with Gasteiger partial charge in [0.15, 0.2) is 6.10 Å². The molecule has 1 aliphatic heterocycles. The third-order valence-corrected chi connectivity index (χ3v) is 8.66. The van der Waals surface area contributed by atoms with Crippen molar-refractivity contribution in [2.75, 3.05) is 23.3 Å². The number of hydrogen-bond acceptors (Lipinski definition) is 7. The van der Waals surface area contributed by atoms with Gasteiger partial charge < -0.3 is 14.8 Å². The van der Waals surface area contributed by atoms with Crippen LogP contribution in [0.4, 0.5) is 11.4 Å². The average Bonchev–Trinajstić information content (AvgIpc) is 3.21. The molecule has 1 N–H and O–H groups in total. The number of benzene rings is 3. The zero-order chi connectivity index (χ0) is 25.4. The first-order chi connectivity index (χ1) is 17.3. The van der Waals surface area contributed by atoms with E-state index in [1.165, 1.54) is 23.5 Å². The van der Waals surface area contributed by atoms with Crippen molar-refractivity contribution in [1.82, 2.24) is 4.57 Å². The maximum Gasteiger partial charge on any atom is 0.308 e. The van der Waals surface area contributed by atoms with Gasteiger partial charge in [-0.2, -0.15) is 0 Å². The molecular weight excluding hydrogens is 502 g/mol. The summed E-state index contributed by atoms with van der Waals surface area (Å²) >= 11 is 1.10. The quantitative estimate of drug-likeness (QED) is 0.412. The van der Waals surface area contributed by atoms with Gasteiger partial charge in [0, 0.05) is 12.2 Å². The first-order valence-electron chi connectivity index (χ1n) is 11.2. The maximum absolute atomic E-state index is 13.6. The lowest BCUT2D eigenvalue weighted by Gasteiger charge is -2.34. The lowest BCUT2D eigenvalue weighted by atomic mass is 10.2. The standard InChI is InChI=1S/C25H23N3O6S2/c1-3-27-20-13-8-16(14-23(20)35-25(27)30)26-24(29)22-15-28(19-6-4-5-7-21(19)34-22)36(31,32)18-11-9-17(33-2)10-12-18/h4-14,22H,3,15H2,1-2H3,(H,26,29)/t22-/m0/s1. The van der Waals surface area contributed by atoms with Gasteiger partial charge in [-0.15, -0.1) is 0 Å². The fraction of sp³-hybridized carbons (Fsp3) is 0.200. The Morgan fingerprint density at radius 1 is 1.14 bits per heavy atom. The fourth-order valence-electron chi connectivity index (χ4n) is 4.11. The van der Waals surface area contributed by atoms with E-state index in [0.717, 1.165) is 21.6 Å². The molecule has 1 amide bonds. The number of rotatable bonds is 6. The summed E-state index contributed by atoms with van der Waals surface area (Å²) in [4.78, 5) is 25.4. The highest BCUT2D eigenvalue weighted by Crippen LogP contribution is 2.37. The zero-order valence-electron chi connectivity index (χ0n) is 19.5. The van der Waals surface area contributed by atoms with E-state index in [1.54, 1.807) is 59.2 Å². The number of nitrogens with one attached hydrogen (secondary N) is 1. The van der Waals surface area contributed by atoms with Gasteiger partial charge in [-0.05, 0) is 61.5 Å². The average molecular weight is 526 g/mol. The minimum atomic E-state index is -3.99. The molecule has 0 unspecified atom stereocenters. The van der Waals surface area contributed by atoms with Crippen LogP contribution in [0.1, 0.15) is 6.92 Å². The van der Waals surface area contributed by atoms with Crippen molar-refractivity contribution in [2.45, 2.75) is 24.5 Å². The monoisotopic (exact) mass is 525 g/mol. The van der Waals surface area contributed by atoms with Gasteiger partial charge in [0.2, 0.25) is 0 Å². The van der Waals surface area contributed by atoms with Crippen LogP contribution in [0.2, 0.25) is 0 Å². The van der Waals surface area contributed by atoms with E-state index in [0.29, 0.717) is 23.7 Å². The molecule has 0 bridgehead atoms. The van der Waals surface area contributed by atoms with Gasteiger partial charge in [-0.1, -0.05) is 23.5 Å². The number of nitrogens with zero attached hydrogens (tertiary/aromatic N) is 2. The van der Waals surface area contributed by atoms with Gasteiger partial charge in [0.1, 0.15) is 11.5 Å². The van der Waals surface area contributed by atoms with Crippen LogP contribution in [0, 0.1) is 0 Å². The Balaban J connectivity index is 1.44. The number of thiazole rings is 1. The van der Waals surface area contributed by atoms with Crippen LogP contribution < -0.4 is 24.0 Å². The van der Waals surface area contributed by atoms with Crippen molar-refractivity contribution in [3.05, 3.63) is 76.4 Å². The highest BCUT2D eigenvalue weighted by atomic mass is 32.2. The third kappa shape index (κ3) is 4.20. The molecule has 3 aromatic carbocycles. The van der Waals surface area contributed by atoms with Gasteiger partial charge >= 0.3 is 4.87 Å². The molecule has 5 rings (SSSR count). The zero-order valence-corrected chi connectivity index (χ0v) is 21.1. The second-order valence-corrected chi connectivity index (χ2v) is 10.9. The van der Waals surface area contributed by atoms with E-state index < -0.39 is 22.0 Å². The van der Waals surface area contributed by atoms with Crippen LogP contribution in [0.15, 0.2) is 76.4 Å². The second-order valence-electron chi connectivity index (χ2n) is 8.07. The molecular formula is C25H23N3O6S2. The molecule has 1 aromatic heterocycles. The van der Waals surface area contributed by atoms with Gasteiger partial charge in [0.25, 0.3) is 15.9 Å². The summed E-state index contributed by atoms with van der Waals surface area (Å²) in [6.45, 7) is 2.24. The van der Waals surface area contributed by atoms with Crippen molar-refractivity contribution in [1.29, 1.82) is 0 Å². The van der Waals surface area contributed by atoms with Crippen LogP contribution in [0.3, 0.4) is 0 Å². The van der Waals surface area contributed by atoms with Crippen LogP contribution >= 0.6 is 11.3 Å². The molecule has 4 aromatic rings. The van der Waals surface area contributed by atoms with Crippen molar-refractivity contribution in [3.8, 4) is 11.5 Å². The number of aromatic nitrogens is 1. The number of ether oxygens (including phenoxy) is 2. The molecule has 11 heteroatoms. The number of hydrogen-bond donors (Lipinski definition) is 1. The van der Waals surface area contributed by atoms with Crippen molar-refractivity contribution >= 4 is 48.9 Å². The Hall–Kier alpha value is -3.83. The molecule has 0 aliphatic carbocycles. The number of aryl methyl sites for hydroxylation is 1. The van der Waals surface area contributed by atoms with E-state index in [-0.39, 0.29) is 22.1 Å². The Bertz CT molecular complexity index is 1610. The number of carbonyl (C=O) groups is 1. The van der Waals surface area contributed by atoms with Crippen molar-refractivity contribution in [2.24, 2.45) is 0 Å². The first kappa shape index (κ1) is 23.9. The number of carbonyl (C=O) groups excluding carboxylic acids is 1. The highest BCUT2D eigenvalue weighted by molar-refractivity contribution is 7.92. The summed E-state index contributed by atoms with van der Waals surface area (Å²) < 4.78 is 41.7. The topological polar surface area (TPSA) is 107 Å². The largest absolute Gasteiger partial charge is 0.497 e. The molecule has 1 aliphatic rings. The Morgan fingerprint density at radius 2 is 1.89 bits per heavy atom. The SMILES string of the molecule is CCn1c(=O)sc2cc(NC(=O)[C@@H]3CN(S(=O)(=O)c4ccc(OC)cc4)c4ccccc4O3)ccc21. The van der Waals surface area contributed by atoms with Gasteiger partial charge in [-0.3, -0.25) is 18.5 Å². The van der Waals surface area contributed by atoms with Crippen LogP contribution in [-0.4, -0.2) is 38.7 Å². The highest BCUT2D eigenvalue weighted by Gasteiger charge is 2.37.